The Morgan fingerprint density at radius 3 is 2.68 bits per heavy atom. The first kappa shape index (κ1) is 14.6. The largest absolute Gasteiger partial charge is 0.496 e. The summed E-state index contributed by atoms with van der Waals surface area (Å²) >= 11 is 3.48. The van der Waals surface area contributed by atoms with Crippen molar-refractivity contribution in [3.63, 3.8) is 0 Å². The Morgan fingerprint density at radius 1 is 1.32 bits per heavy atom. The van der Waals surface area contributed by atoms with Crippen molar-refractivity contribution in [3.05, 3.63) is 22.2 Å². The number of ether oxygens (including phenoxy) is 2. The fourth-order valence-corrected chi connectivity index (χ4v) is 3.01. The molecule has 1 aliphatic heterocycles. The van der Waals surface area contributed by atoms with E-state index in [0.29, 0.717) is 0 Å². The first-order valence-corrected chi connectivity index (χ1v) is 7.31. The molecule has 4 nitrogen and oxygen atoms in total. The normalized spacial score (nSPS) is 20.3. The summed E-state index contributed by atoms with van der Waals surface area (Å²) in [4.78, 5) is 2.37. The van der Waals surface area contributed by atoms with Gasteiger partial charge in [0.25, 0.3) is 0 Å². The SMILES string of the molecule is COc1cc(CN2CCCC(N)C2)c(OC)cc1Br. The number of nitrogens with zero attached hydrogens (tertiary/aromatic N) is 1. The number of nitrogens with two attached hydrogens (primary N) is 1. The van der Waals surface area contributed by atoms with E-state index in [0.717, 1.165) is 54.0 Å². The van der Waals surface area contributed by atoms with Crippen LogP contribution in [-0.4, -0.2) is 38.3 Å². The Hall–Kier alpha value is -0.780. The fourth-order valence-electron chi connectivity index (χ4n) is 2.52. The van der Waals surface area contributed by atoms with Crippen molar-refractivity contribution in [1.29, 1.82) is 0 Å². The third-order valence-corrected chi connectivity index (χ3v) is 4.11. The second-order valence-electron chi connectivity index (χ2n) is 4.94. The molecule has 0 radical (unpaired) electrons. The van der Waals surface area contributed by atoms with Crippen molar-refractivity contribution in [2.24, 2.45) is 5.73 Å². The summed E-state index contributed by atoms with van der Waals surface area (Å²) < 4.78 is 11.7. The minimum absolute atomic E-state index is 0.289. The molecule has 5 heteroatoms. The molecule has 2 rings (SSSR count). The van der Waals surface area contributed by atoms with Gasteiger partial charge in [-0.05, 0) is 47.4 Å². The van der Waals surface area contributed by atoms with Crippen LogP contribution in [0.5, 0.6) is 11.5 Å². The number of benzene rings is 1. The highest BCUT2D eigenvalue weighted by Crippen LogP contribution is 2.33. The molecule has 1 saturated heterocycles. The maximum absolute atomic E-state index is 6.02. The summed E-state index contributed by atoms with van der Waals surface area (Å²) in [7, 11) is 3.37. The molecule has 1 heterocycles. The third kappa shape index (κ3) is 3.61. The van der Waals surface area contributed by atoms with Gasteiger partial charge in [-0.1, -0.05) is 0 Å². The first-order chi connectivity index (χ1) is 9.13. The molecule has 1 aliphatic rings. The molecule has 0 spiro atoms. The molecule has 1 atom stereocenters. The van der Waals surface area contributed by atoms with Gasteiger partial charge in [0, 0.05) is 24.7 Å². The van der Waals surface area contributed by atoms with Crippen LogP contribution in [0.25, 0.3) is 0 Å². The number of piperidine rings is 1. The van der Waals surface area contributed by atoms with Gasteiger partial charge < -0.3 is 15.2 Å². The van der Waals surface area contributed by atoms with Gasteiger partial charge >= 0.3 is 0 Å². The van der Waals surface area contributed by atoms with Crippen LogP contribution in [0.3, 0.4) is 0 Å². The van der Waals surface area contributed by atoms with Crippen LogP contribution < -0.4 is 15.2 Å². The highest BCUT2D eigenvalue weighted by atomic mass is 79.9. The van der Waals surface area contributed by atoms with Gasteiger partial charge in [0.15, 0.2) is 0 Å². The van der Waals surface area contributed by atoms with Gasteiger partial charge in [-0.15, -0.1) is 0 Å². The van der Waals surface area contributed by atoms with E-state index in [1.165, 1.54) is 0 Å². The van der Waals surface area contributed by atoms with Crippen LogP contribution in [0.15, 0.2) is 16.6 Å². The van der Waals surface area contributed by atoms with Gasteiger partial charge in [-0.2, -0.15) is 0 Å². The molecule has 1 fully saturated rings. The molecule has 19 heavy (non-hydrogen) atoms. The zero-order valence-electron chi connectivity index (χ0n) is 11.5. The van der Waals surface area contributed by atoms with E-state index in [9.17, 15) is 0 Å². The lowest BCUT2D eigenvalue weighted by molar-refractivity contribution is 0.199. The highest BCUT2D eigenvalue weighted by Gasteiger charge is 2.19. The molecule has 0 aromatic heterocycles. The van der Waals surface area contributed by atoms with Gasteiger partial charge in [0.1, 0.15) is 11.5 Å². The quantitative estimate of drug-likeness (QED) is 0.921. The highest BCUT2D eigenvalue weighted by molar-refractivity contribution is 9.10. The Morgan fingerprint density at radius 2 is 2.05 bits per heavy atom. The Labute approximate surface area is 123 Å². The maximum atomic E-state index is 6.02. The number of hydrogen-bond acceptors (Lipinski definition) is 4. The Balaban J connectivity index is 2.18. The van der Waals surface area contributed by atoms with Gasteiger partial charge in [-0.3, -0.25) is 4.90 Å². The maximum Gasteiger partial charge on any atom is 0.133 e. The van der Waals surface area contributed by atoms with E-state index >= 15 is 0 Å². The summed E-state index contributed by atoms with van der Waals surface area (Å²) in [5.74, 6) is 1.71. The molecule has 2 N–H and O–H groups in total. The topological polar surface area (TPSA) is 47.7 Å². The first-order valence-electron chi connectivity index (χ1n) is 6.52. The van der Waals surface area contributed by atoms with Gasteiger partial charge in [-0.25, -0.2) is 0 Å². The minimum atomic E-state index is 0.289. The lowest BCUT2D eigenvalue weighted by Gasteiger charge is -2.31. The average molecular weight is 329 g/mol. The van der Waals surface area contributed by atoms with E-state index in [1.807, 2.05) is 12.1 Å². The zero-order chi connectivity index (χ0) is 13.8. The molecule has 1 unspecified atom stereocenters. The summed E-state index contributed by atoms with van der Waals surface area (Å²) in [5, 5.41) is 0. The van der Waals surface area contributed by atoms with E-state index < -0.39 is 0 Å². The van der Waals surface area contributed by atoms with Crippen molar-refractivity contribution in [2.75, 3.05) is 27.3 Å². The predicted octanol–water partition coefficient (Wildman–Crippen LogP) is 2.39. The van der Waals surface area contributed by atoms with Crippen LogP contribution in [-0.2, 0) is 6.54 Å². The molecule has 0 bridgehead atoms. The molecule has 1 aromatic carbocycles. The van der Waals surface area contributed by atoms with E-state index in [-0.39, 0.29) is 6.04 Å². The molecule has 106 valence electrons. The Kier molecular flexibility index (Phi) is 5.07. The summed E-state index contributed by atoms with van der Waals surface area (Å²) in [6.45, 7) is 2.89. The number of halogens is 1. The summed E-state index contributed by atoms with van der Waals surface area (Å²) in [6, 6.07) is 4.28. The zero-order valence-corrected chi connectivity index (χ0v) is 13.1. The standard InChI is InChI=1S/C14H21BrN2O2/c1-18-13-7-12(15)14(19-2)6-10(13)8-17-5-3-4-11(16)9-17/h6-7,11H,3-5,8-9,16H2,1-2H3. The van der Waals surface area contributed by atoms with Crippen LogP contribution >= 0.6 is 15.9 Å². The average Bonchev–Trinajstić information content (AvgIpc) is 2.40. The van der Waals surface area contributed by atoms with Gasteiger partial charge in [0.2, 0.25) is 0 Å². The number of methoxy groups -OCH3 is 2. The van der Waals surface area contributed by atoms with Crippen LogP contribution in [0, 0.1) is 0 Å². The molecule has 0 saturated carbocycles. The molecule has 0 amide bonds. The monoisotopic (exact) mass is 328 g/mol. The van der Waals surface area contributed by atoms with Crippen LogP contribution in [0.4, 0.5) is 0 Å². The molecular weight excluding hydrogens is 308 g/mol. The fraction of sp³-hybridized carbons (Fsp3) is 0.571. The number of hydrogen-bond donors (Lipinski definition) is 1. The molecule has 0 aliphatic carbocycles. The van der Waals surface area contributed by atoms with Gasteiger partial charge in [0.05, 0.1) is 18.7 Å². The second kappa shape index (κ2) is 6.59. The number of rotatable bonds is 4. The van der Waals surface area contributed by atoms with Crippen molar-refractivity contribution < 1.29 is 9.47 Å². The minimum Gasteiger partial charge on any atom is -0.496 e. The van der Waals surface area contributed by atoms with Crippen molar-refractivity contribution in [3.8, 4) is 11.5 Å². The van der Waals surface area contributed by atoms with E-state index in [4.69, 9.17) is 15.2 Å². The second-order valence-corrected chi connectivity index (χ2v) is 5.79. The third-order valence-electron chi connectivity index (χ3n) is 3.49. The van der Waals surface area contributed by atoms with Crippen LogP contribution in [0.2, 0.25) is 0 Å². The Bertz CT molecular complexity index is 440. The summed E-state index contributed by atoms with van der Waals surface area (Å²) in [6.07, 6.45) is 2.29. The lowest BCUT2D eigenvalue weighted by Crippen LogP contribution is -2.42. The summed E-state index contributed by atoms with van der Waals surface area (Å²) in [5.41, 5.74) is 7.16. The molecular formula is C14H21BrN2O2. The van der Waals surface area contributed by atoms with Crippen molar-refractivity contribution >= 4 is 15.9 Å². The van der Waals surface area contributed by atoms with E-state index in [2.05, 4.69) is 20.8 Å². The van der Waals surface area contributed by atoms with Crippen molar-refractivity contribution in [2.45, 2.75) is 25.4 Å². The van der Waals surface area contributed by atoms with Crippen molar-refractivity contribution in [1.82, 2.24) is 4.90 Å². The smallest absolute Gasteiger partial charge is 0.133 e. The van der Waals surface area contributed by atoms with E-state index in [1.54, 1.807) is 14.2 Å². The number of likely N-dealkylation sites (tertiary alicyclic amines) is 1. The molecule has 1 aromatic rings. The lowest BCUT2D eigenvalue weighted by atomic mass is 10.1. The predicted molar refractivity (Wildman–Crippen MR) is 79.7 cm³/mol. The van der Waals surface area contributed by atoms with Crippen LogP contribution in [0.1, 0.15) is 18.4 Å².